The van der Waals surface area contributed by atoms with Crippen molar-refractivity contribution in [1.82, 2.24) is 4.98 Å². The molecule has 10 nitrogen and oxygen atoms in total. The number of sulfone groups is 1. The Morgan fingerprint density at radius 3 is 2.47 bits per heavy atom. The number of nitrogens with zero attached hydrogens (tertiary/aromatic N) is 2. The first-order chi connectivity index (χ1) is 17.3. The summed E-state index contributed by atoms with van der Waals surface area (Å²) in [5.41, 5.74) is 1.77. The molecule has 11 heteroatoms. The first-order valence-electron chi connectivity index (χ1n) is 11.0. The van der Waals surface area contributed by atoms with Crippen molar-refractivity contribution >= 4 is 21.4 Å². The number of fused-ring (bicyclic) bond motifs is 1. The van der Waals surface area contributed by atoms with Gasteiger partial charge in [0.05, 0.1) is 9.82 Å². The molecule has 0 unspecified atom stereocenters. The predicted molar refractivity (Wildman–Crippen MR) is 130 cm³/mol. The van der Waals surface area contributed by atoms with Crippen molar-refractivity contribution in [3.05, 3.63) is 88.0 Å². The van der Waals surface area contributed by atoms with Gasteiger partial charge < -0.3 is 19.2 Å². The van der Waals surface area contributed by atoms with Crippen LogP contribution in [0.15, 0.2) is 81.1 Å². The first kappa shape index (κ1) is 23.4. The Labute approximate surface area is 206 Å². The van der Waals surface area contributed by atoms with Crippen LogP contribution in [-0.2, 0) is 16.4 Å². The quantitative estimate of drug-likeness (QED) is 0.277. The molecule has 36 heavy (non-hydrogen) atoms. The Morgan fingerprint density at radius 2 is 1.72 bits per heavy atom. The van der Waals surface area contributed by atoms with E-state index in [4.69, 9.17) is 13.9 Å². The summed E-state index contributed by atoms with van der Waals surface area (Å²) in [6.07, 6.45) is 0. The lowest BCUT2D eigenvalue weighted by molar-refractivity contribution is -0.384. The summed E-state index contributed by atoms with van der Waals surface area (Å²) in [7, 11) is -4.21. The molecule has 0 saturated heterocycles. The fourth-order valence-electron chi connectivity index (χ4n) is 3.72. The van der Waals surface area contributed by atoms with Gasteiger partial charge in [0, 0.05) is 18.7 Å². The van der Waals surface area contributed by atoms with Crippen LogP contribution in [-0.4, -0.2) is 31.5 Å². The second-order valence-electron chi connectivity index (χ2n) is 8.08. The van der Waals surface area contributed by atoms with Crippen LogP contribution in [0.25, 0.3) is 11.5 Å². The van der Waals surface area contributed by atoms with E-state index in [0.29, 0.717) is 24.7 Å². The van der Waals surface area contributed by atoms with Crippen LogP contribution in [0.2, 0.25) is 0 Å². The van der Waals surface area contributed by atoms with E-state index in [1.165, 1.54) is 36.4 Å². The van der Waals surface area contributed by atoms with Crippen molar-refractivity contribution in [3.8, 4) is 23.0 Å². The summed E-state index contributed by atoms with van der Waals surface area (Å²) in [4.78, 5) is 15.1. The zero-order valence-corrected chi connectivity index (χ0v) is 19.9. The van der Waals surface area contributed by atoms with E-state index < -0.39 is 14.8 Å². The molecule has 0 bridgehead atoms. The Kier molecular flexibility index (Phi) is 6.06. The molecule has 1 N–H and O–H groups in total. The lowest BCUT2D eigenvalue weighted by atomic mass is 10.1. The fraction of sp³-hybridized carbons (Fsp3) is 0.160. The first-order valence-corrected chi connectivity index (χ1v) is 12.5. The number of oxazole rings is 1. The average molecular weight is 508 g/mol. The molecule has 184 valence electrons. The maximum atomic E-state index is 13.7. The molecule has 1 aliphatic rings. The second-order valence-corrected chi connectivity index (χ2v) is 9.94. The lowest BCUT2D eigenvalue weighted by Crippen LogP contribution is -2.16. The Bertz CT molecular complexity index is 1550. The molecule has 0 aliphatic carbocycles. The van der Waals surface area contributed by atoms with Gasteiger partial charge in [0.25, 0.3) is 5.69 Å². The van der Waals surface area contributed by atoms with Crippen LogP contribution in [0.5, 0.6) is 11.5 Å². The van der Waals surface area contributed by atoms with Crippen molar-refractivity contribution in [1.29, 1.82) is 0 Å². The lowest BCUT2D eigenvalue weighted by Gasteiger charge is -2.18. The molecule has 0 fully saturated rings. The highest BCUT2D eigenvalue weighted by Crippen LogP contribution is 2.38. The minimum absolute atomic E-state index is 0.0597. The van der Waals surface area contributed by atoms with E-state index in [0.717, 1.165) is 11.1 Å². The number of ether oxygens (including phenoxy) is 2. The molecule has 5 rings (SSSR count). The van der Waals surface area contributed by atoms with Gasteiger partial charge in [-0.1, -0.05) is 42.0 Å². The molecule has 3 aromatic carbocycles. The molecule has 0 spiro atoms. The zero-order valence-electron chi connectivity index (χ0n) is 19.1. The minimum Gasteiger partial charge on any atom is -0.486 e. The number of aromatic nitrogens is 1. The predicted octanol–water partition coefficient (Wildman–Crippen LogP) is 4.77. The smallest absolute Gasteiger partial charge is 0.282 e. The maximum Gasteiger partial charge on any atom is 0.282 e. The molecule has 0 saturated carbocycles. The number of nitrogens with one attached hydrogen (secondary N) is 1. The number of aryl methyl sites for hydroxylation is 1. The number of para-hydroxylation sites is 1. The largest absolute Gasteiger partial charge is 0.486 e. The molecular formula is C25H21N3O7S. The second kappa shape index (κ2) is 9.34. The number of nitro benzene ring substituents is 1. The monoisotopic (exact) mass is 507 g/mol. The molecule has 2 heterocycles. The molecule has 1 aliphatic heterocycles. The summed E-state index contributed by atoms with van der Waals surface area (Å²) in [5.74, 6) is 0.431. The molecular weight excluding hydrogens is 486 g/mol. The third-order valence-corrected chi connectivity index (χ3v) is 7.24. The molecule has 0 amide bonds. The molecule has 4 aromatic rings. The molecule has 0 radical (unpaired) electrons. The van der Waals surface area contributed by atoms with Crippen molar-refractivity contribution in [2.45, 2.75) is 23.4 Å². The Balaban J connectivity index is 1.59. The van der Waals surface area contributed by atoms with Gasteiger partial charge in [0.2, 0.25) is 26.6 Å². The summed E-state index contributed by atoms with van der Waals surface area (Å²) >= 11 is 0. The maximum absolute atomic E-state index is 13.7. The van der Waals surface area contributed by atoms with Gasteiger partial charge in [-0.2, -0.15) is 4.98 Å². The van der Waals surface area contributed by atoms with Crippen molar-refractivity contribution in [2.75, 3.05) is 18.5 Å². The van der Waals surface area contributed by atoms with Crippen molar-refractivity contribution in [2.24, 2.45) is 0 Å². The number of benzene rings is 3. The fourth-order valence-corrected chi connectivity index (χ4v) is 5.01. The SMILES string of the molecule is Cc1ccc(CNc2oc(-c3ccccc3[N+](=O)[O-])nc2S(=O)(=O)c2ccc3c(c2)OCCO3)cc1. The average Bonchev–Trinajstić information content (AvgIpc) is 3.33. The zero-order chi connectivity index (χ0) is 25.3. The third kappa shape index (κ3) is 4.48. The number of anilines is 1. The Morgan fingerprint density at radius 1 is 1.00 bits per heavy atom. The third-order valence-electron chi connectivity index (χ3n) is 5.58. The Hall–Kier alpha value is -4.38. The van der Waals surface area contributed by atoms with Crippen LogP contribution < -0.4 is 14.8 Å². The van der Waals surface area contributed by atoms with Crippen LogP contribution in [0, 0.1) is 17.0 Å². The van der Waals surface area contributed by atoms with Crippen LogP contribution >= 0.6 is 0 Å². The molecule has 1 aromatic heterocycles. The van der Waals surface area contributed by atoms with Crippen molar-refractivity contribution < 1.29 is 27.2 Å². The van der Waals surface area contributed by atoms with Gasteiger partial charge in [0.1, 0.15) is 18.8 Å². The van der Waals surface area contributed by atoms with Crippen molar-refractivity contribution in [3.63, 3.8) is 0 Å². The normalized spacial score (nSPS) is 12.8. The number of rotatable bonds is 7. The van der Waals surface area contributed by atoms with Gasteiger partial charge in [-0.25, -0.2) is 8.42 Å². The highest BCUT2D eigenvalue weighted by atomic mass is 32.2. The van der Waals surface area contributed by atoms with Gasteiger partial charge in [-0.15, -0.1) is 0 Å². The van der Waals surface area contributed by atoms with E-state index in [2.05, 4.69) is 10.3 Å². The summed E-state index contributed by atoms with van der Waals surface area (Å²) in [5, 5.41) is 14.2. The van der Waals surface area contributed by atoms with E-state index in [-0.39, 0.29) is 39.5 Å². The highest BCUT2D eigenvalue weighted by Gasteiger charge is 2.31. The number of hydrogen-bond donors (Lipinski definition) is 1. The van der Waals surface area contributed by atoms with Gasteiger partial charge in [-0.05, 0) is 30.7 Å². The highest BCUT2D eigenvalue weighted by molar-refractivity contribution is 7.91. The topological polar surface area (TPSA) is 134 Å². The van der Waals surface area contributed by atoms with E-state index in [1.807, 2.05) is 31.2 Å². The number of nitro groups is 1. The summed E-state index contributed by atoms with van der Waals surface area (Å²) < 4.78 is 44.1. The van der Waals surface area contributed by atoms with Crippen LogP contribution in [0.1, 0.15) is 11.1 Å². The summed E-state index contributed by atoms with van der Waals surface area (Å²) in [6, 6.07) is 17.8. The van der Waals surface area contributed by atoms with E-state index in [9.17, 15) is 18.5 Å². The van der Waals surface area contributed by atoms with Gasteiger partial charge >= 0.3 is 0 Å². The minimum atomic E-state index is -4.21. The van der Waals surface area contributed by atoms with E-state index in [1.54, 1.807) is 6.07 Å². The van der Waals surface area contributed by atoms with Crippen LogP contribution in [0.3, 0.4) is 0 Å². The molecule has 0 atom stereocenters. The number of hydrogen-bond acceptors (Lipinski definition) is 9. The van der Waals surface area contributed by atoms with Gasteiger partial charge in [-0.3, -0.25) is 10.1 Å². The van der Waals surface area contributed by atoms with E-state index >= 15 is 0 Å². The standard InChI is InChI=1S/C25H21N3O7S/c1-16-6-8-17(9-7-16)15-26-24-25(27-23(35-24)19-4-2-3-5-20(19)28(29)30)36(31,32)18-10-11-21-22(14-18)34-13-12-33-21/h2-11,14,26H,12-13,15H2,1H3. The van der Waals surface area contributed by atoms with Gasteiger partial charge in [0.15, 0.2) is 11.5 Å². The van der Waals surface area contributed by atoms with Crippen LogP contribution in [0.4, 0.5) is 11.6 Å². The summed E-state index contributed by atoms with van der Waals surface area (Å²) in [6.45, 7) is 2.88.